The molecule has 0 radical (unpaired) electrons. The minimum atomic E-state index is 0.610. The molecule has 128 valence electrons. The zero-order valence-corrected chi connectivity index (χ0v) is 14.5. The molecule has 0 aliphatic carbocycles. The Morgan fingerprint density at radius 1 is 1.09 bits per heavy atom. The molecule has 0 aromatic heterocycles. The number of hydrogen-bond donors (Lipinski definition) is 0. The smallest absolute Gasteiger partial charge is 0.119 e. The first-order valence-corrected chi connectivity index (χ1v) is 8.89. The van der Waals surface area contributed by atoms with Gasteiger partial charge in [0, 0.05) is 26.2 Å². The molecule has 2 atom stereocenters. The van der Waals surface area contributed by atoms with Crippen molar-refractivity contribution in [2.45, 2.75) is 31.8 Å². The number of rotatable bonds is 6. The van der Waals surface area contributed by atoms with Crippen LogP contribution in [0.1, 0.15) is 24.8 Å². The summed E-state index contributed by atoms with van der Waals surface area (Å²) in [6, 6.07) is 9.36. The monoisotopic (exact) mass is 318 g/mol. The highest BCUT2D eigenvalue weighted by atomic mass is 16.5. The van der Waals surface area contributed by atoms with Crippen molar-refractivity contribution in [3.05, 3.63) is 29.8 Å². The summed E-state index contributed by atoms with van der Waals surface area (Å²) in [5.41, 5.74) is 1.38. The minimum Gasteiger partial charge on any atom is -0.491 e. The molecule has 2 unspecified atom stereocenters. The molecule has 1 aromatic carbocycles. The molecular formula is C19H30N2O2. The Morgan fingerprint density at radius 2 is 1.91 bits per heavy atom. The van der Waals surface area contributed by atoms with Crippen LogP contribution in [0.2, 0.25) is 0 Å². The largest absolute Gasteiger partial charge is 0.491 e. The number of hydrogen-bond acceptors (Lipinski definition) is 4. The molecular weight excluding hydrogens is 288 g/mol. The van der Waals surface area contributed by atoms with Crippen molar-refractivity contribution in [1.82, 2.24) is 9.80 Å². The Hall–Kier alpha value is -1.10. The summed E-state index contributed by atoms with van der Waals surface area (Å²) in [5, 5.41) is 0. The van der Waals surface area contributed by atoms with Crippen molar-refractivity contribution in [2.75, 3.05) is 47.0 Å². The molecule has 2 saturated heterocycles. The van der Waals surface area contributed by atoms with E-state index >= 15 is 0 Å². The van der Waals surface area contributed by atoms with Crippen LogP contribution in [-0.2, 0) is 11.3 Å². The van der Waals surface area contributed by atoms with Gasteiger partial charge in [-0.05, 0) is 63.0 Å². The minimum absolute atomic E-state index is 0.610. The Balaban J connectivity index is 1.49. The van der Waals surface area contributed by atoms with Gasteiger partial charge in [0.05, 0.1) is 6.61 Å². The highest BCUT2D eigenvalue weighted by Gasteiger charge is 2.33. The van der Waals surface area contributed by atoms with Crippen LogP contribution in [0.5, 0.6) is 5.75 Å². The molecule has 0 spiro atoms. The van der Waals surface area contributed by atoms with Gasteiger partial charge in [0.15, 0.2) is 0 Å². The first-order chi connectivity index (χ1) is 11.3. The normalized spacial score (nSPS) is 26.0. The summed E-state index contributed by atoms with van der Waals surface area (Å²) in [6.07, 6.45) is 4.08. The van der Waals surface area contributed by atoms with Crippen molar-refractivity contribution >= 4 is 0 Å². The number of likely N-dealkylation sites (tertiary alicyclic amines) is 2. The van der Waals surface area contributed by atoms with Crippen molar-refractivity contribution in [3.63, 3.8) is 0 Å². The van der Waals surface area contributed by atoms with Crippen LogP contribution in [-0.4, -0.2) is 62.8 Å². The van der Waals surface area contributed by atoms with E-state index in [9.17, 15) is 0 Å². The molecule has 0 saturated carbocycles. The van der Waals surface area contributed by atoms with Crippen molar-refractivity contribution in [3.8, 4) is 5.75 Å². The van der Waals surface area contributed by atoms with Gasteiger partial charge in [-0.2, -0.15) is 0 Å². The second-order valence-electron chi connectivity index (χ2n) is 6.96. The van der Waals surface area contributed by atoms with Crippen molar-refractivity contribution < 1.29 is 9.47 Å². The van der Waals surface area contributed by atoms with E-state index in [4.69, 9.17) is 9.47 Å². The fraction of sp³-hybridized carbons (Fsp3) is 0.684. The summed E-state index contributed by atoms with van der Waals surface area (Å²) >= 11 is 0. The maximum Gasteiger partial charge on any atom is 0.119 e. The van der Waals surface area contributed by atoms with E-state index in [1.54, 1.807) is 7.11 Å². The van der Waals surface area contributed by atoms with Crippen LogP contribution in [0.15, 0.2) is 24.3 Å². The molecule has 1 aromatic rings. The molecule has 2 fully saturated rings. The van der Waals surface area contributed by atoms with E-state index < -0.39 is 0 Å². The number of fused-ring (bicyclic) bond motifs is 1. The van der Waals surface area contributed by atoms with Crippen LogP contribution in [0.3, 0.4) is 0 Å². The predicted molar refractivity (Wildman–Crippen MR) is 92.8 cm³/mol. The van der Waals surface area contributed by atoms with E-state index in [2.05, 4.69) is 41.1 Å². The van der Waals surface area contributed by atoms with Gasteiger partial charge in [-0.25, -0.2) is 0 Å². The summed E-state index contributed by atoms with van der Waals surface area (Å²) in [5.74, 6) is 1.79. The Morgan fingerprint density at radius 3 is 2.70 bits per heavy atom. The predicted octanol–water partition coefficient (Wildman–Crippen LogP) is 2.63. The van der Waals surface area contributed by atoms with Gasteiger partial charge < -0.3 is 14.4 Å². The van der Waals surface area contributed by atoms with Crippen LogP contribution in [0.25, 0.3) is 0 Å². The van der Waals surface area contributed by atoms with Crippen LogP contribution in [0, 0.1) is 5.92 Å². The Bertz CT molecular complexity index is 477. The van der Waals surface area contributed by atoms with Gasteiger partial charge in [0.2, 0.25) is 0 Å². The first kappa shape index (κ1) is 16.7. The van der Waals surface area contributed by atoms with Gasteiger partial charge in [0.1, 0.15) is 12.4 Å². The Labute approximate surface area is 140 Å². The molecule has 3 rings (SSSR count). The van der Waals surface area contributed by atoms with Crippen molar-refractivity contribution in [2.24, 2.45) is 5.92 Å². The fourth-order valence-corrected chi connectivity index (χ4v) is 4.06. The molecule has 4 heteroatoms. The summed E-state index contributed by atoms with van der Waals surface area (Å²) in [4.78, 5) is 5.21. The summed E-state index contributed by atoms with van der Waals surface area (Å²) in [7, 11) is 3.99. The van der Waals surface area contributed by atoms with Gasteiger partial charge >= 0.3 is 0 Å². The zero-order chi connectivity index (χ0) is 16.1. The number of ether oxygens (including phenoxy) is 2. The van der Waals surface area contributed by atoms with Gasteiger partial charge in [-0.1, -0.05) is 12.1 Å². The van der Waals surface area contributed by atoms with Gasteiger partial charge in [-0.15, -0.1) is 0 Å². The SMILES string of the molecule is COCCOc1ccc(CN2CCC3C(CCCN3C)C2)cc1. The second-order valence-corrected chi connectivity index (χ2v) is 6.96. The number of methoxy groups -OCH3 is 1. The third-order valence-corrected chi connectivity index (χ3v) is 5.32. The number of piperidine rings is 2. The highest BCUT2D eigenvalue weighted by molar-refractivity contribution is 5.27. The van der Waals surface area contributed by atoms with Crippen LogP contribution >= 0.6 is 0 Å². The topological polar surface area (TPSA) is 24.9 Å². The lowest BCUT2D eigenvalue weighted by Gasteiger charge is -2.46. The van der Waals surface area contributed by atoms with E-state index in [1.165, 1.54) is 44.5 Å². The third kappa shape index (κ3) is 4.46. The molecule has 0 bridgehead atoms. The zero-order valence-electron chi connectivity index (χ0n) is 14.5. The highest BCUT2D eigenvalue weighted by Crippen LogP contribution is 2.30. The quantitative estimate of drug-likeness (QED) is 0.753. The summed E-state index contributed by atoms with van der Waals surface area (Å²) < 4.78 is 10.6. The van der Waals surface area contributed by atoms with Gasteiger partial charge in [-0.3, -0.25) is 4.90 Å². The van der Waals surface area contributed by atoms with Crippen LogP contribution < -0.4 is 4.74 Å². The molecule has 0 amide bonds. The average Bonchev–Trinajstić information content (AvgIpc) is 2.57. The molecule has 4 nitrogen and oxygen atoms in total. The second kappa shape index (κ2) is 8.13. The number of nitrogens with zero attached hydrogens (tertiary/aromatic N) is 2. The van der Waals surface area contributed by atoms with Crippen molar-refractivity contribution in [1.29, 1.82) is 0 Å². The van der Waals surface area contributed by atoms with Crippen LogP contribution in [0.4, 0.5) is 0 Å². The molecule has 2 heterocycles. The molecule has 2 aliphatic rings. The van der Waals surface area contributed by atoms with E-state index in [0.29, 0.717) is 13.2 Å². The van der Waals surface area contributed by atoms with E-state index in [0.717, 1.165) is 24.3 Å². The number of benzene rings is 1. The maximum absolute atomic E-state index is 5.63. The molecule has 0 N–H and O–H groups in total. The molecule has 23 heavy (non-hydrogen) atoms. The average molecular weight is 318 g/mol. The Kier molecular flexibility index (Phi) is 5.92. The summed E-state index contributed by atoms with van der Waals surface area (Å²) in [6.45, 7) is 6.06. The van der Waals surface area contributed by atoms with E-state index in [-0.39, 0.29) is 0 Å². The van der Waals surface area contributed by atoms with Gasteiger partial charge in [0.25, 0.3) is 0 Å². The molecule has 2 aliphatic heterocycles. The standard InChI is InChI=1S/C19H30N2O2/c1-20-10-3-4-17-15-21(11-9-19(17)20)14-16-5-7-18(8-6-16)23-13-12-22-2/h5-8,17,19H,3-4,9-15H2,1-2H3. The van der Waals surface area contributed by atoms with E-state index in [1.807, 2.05) is 0 Å². The first-order valence-electron chi connectivity index (χ1n) is 8.89. The third-order valence-electron chi connectivity index (χ3n) is 5.32. The maximum atomic E-state index is 5.63. The lowest BCUT2D eigenvalue weighted by atomic mass is 9.84. The lowest BCUT2D eigenvalue weighted by molar-refractivity contribution is 0.0355. The lowest BCUT2D eigenvalue weighted by Crippen LogP contribution is -2.52. The fourth-order valence-electron chi connectivity index (χ4n) is 4.06.